The van der Waals surface area contributed by atoms with Gasteiger partial charge in [0, 0.05) is 13.6 Å². The number of aryl methyl sites for hydroxylation is 1. The molecule has 0 radical (unpaired) electrons. The monoisotopic (exact) mass is 224 g/mol. The van der Waals surface area contributed by atoms with E-state index in [-0.39, 0.29) is 18.8 Å². The highest BCUT2D eigenvalue weighted by molar-refractivity contribution is 4.66. The zero-order chi connectivity index (χ0) is 11.5. The Morgan fingerprint density at radius 2 is 2.20 bits per heavy atom. The van der Waals surface area contributed by atoms with Crippen LogP contribution in [0.3, 0.4) is 0 Å². The molecule has 1 heterocycles. The number of nitrogens with zero attached hydrogens (tertiary/aromatic N) is 3. The molecule has 0 aromatic carbocycles. The minimum Gasteiger partial charge on any atom is -0.307 e. The molecule has 0 amide bonds. The van der Waals surface area contributed by atoms with Crippen molar-refractivity contribution in [2.24, 2.45) is 7.05 Å². The highest BCUT2D eigenvalue weighted by Crippen LogP contribution is 2.11. The molecule has 1 N–H and O–H groups in total. The van der Waals surface area contributed by atoms with Crippen molar-refractivity contribution in [3.8, 4) is 0 Å². The molecule has 0 fully saturated rings. The Morgan fingerprint density at radius 3 is 2.67 bits per heavy atom. The largest absolute Gasteiger partial charge is 0.401 e. The average molecular weight is 224 g/mol. The van der Waals surface area contributed by atoms with Crippen LogP contribution in [0.1, 0.15) is 0 Å². The van der Waals surface area contributed by atoms with Gasteiger partial charge in [-0.05, 0) is 0 Å². The number of alkyl halides is 3. The molecule has 0 bridgehead atoms. The smallest absolute Gasteiger partial charge is 0.307 e. The van der Waals surface area contributed by atoms with Crippen molar-refractivity contribution >= 4 is 0 Å². The maximum Gasteiger partial charge on any atom is 0.401 e. The van der Waals surface area contributed by atoms with Gasteiger partial charge in [-0.3, -0.25) is 4.57 Å². The van der Waals surface area contributed by atoms with E-state index in [0.717, 1.165) is 4.68 Å². The first-order valence-corrected chi connectivity index (χ1v) is 4.26. The zero-order valence-electron chi connectivity index (χ0n) is 8.08. The number of hydrogen-bond donors (Lipinski definition) is 1. The SMILES string of the molecule is Cn1cnn(CCNCC(F)(F)F)c1=O. The van der Waals surface area contributed by atoms with E-state index in [1.807, 2.05) is 0 Å². The van der Waals surface area contributed by atoms with Gasteiger partial charge in [0.15, 0.2) is 0 Å². The summed E-state index contributed by atoms with van der Waals surface area (Å²) in [4.78, 5) is 11.2. The Morgan fingerprint density at radius 1 is 1.53 bits per heavy atom. The van der Waals surface area contributed by atoms with Crippen LogP contribution in [0.5, 0.6) is 0 Å². The quantitative estimate of drug-likeness (QED) is 0.716. The highest BCUT2D eigenvalue weighted by atomic mass is 19.4. The number of nitrogens with one attached hydrogen (secondary N) is 1. The van der Waals surface area contributed by atoms with Gasteiger partial charge < -0.3 is 5.32 Å². The van der Waals surface area contributed by atoms with Crippen LogP contribution in [0.15, 0.2) is 11.1 Å². The Kier molecular flexibility index (Phi) is 3.51. The maximum absolute atomic E-state index is 11.7. The first kappa shape index (κ1) is 11.8. The standard InChI is InChI=1S/C7H11F3N4O/c1-13-5-12-14(6(13)15)3-2-11-4-7(8,9)10/h5,11H,2-4H2,1H3. The van der Waals surface area contributed by atoms with Gasteiger partial charge in [-0.2, -0.15) is 18.3 Å². The zero-order valence-corrected chi connectivity index (χ0v) is 8.08. The van der Waals surface area contributed by atoms with Gasteiger partial charge in [0.05, 0.1) is 13.1 Å². The molecule has 0 aliphatic heterocycles. The fraction of sp³-hybridized carbons (Fsp3) is 0.714. The van der Waals surface area contributed by atoms with E-state index in [2.05, 4.69) is 10.4 Å². The number of hydrogen-bond acceptors (Lipinski definition) is 3. The summed E-state index contributed by atoms with van der Waals surface area (Å²) in [5, 5.41) is 5.87. The van der Waals surface area contributed by atoms with Crippen LogP contribution in [0.4, 0.5) is 13.2 Å². The van der Waals surface area contributed by atoms with Crippen LogP contribution < -0.4 is 11.0 Å². The van der Waals surface area contributed by atoms with E-state index in [9.17, 15) is 18.0 Å². The predicted octanol–water partition coefficient (Wildman–Crippen LogP) is -0.266. The molecule has 0 aliphatic carbocycles. The molecule has 8 heteroatoms. The number of halogens is 3. The van der Waals surface area contributed by atoms with Gasteiger partial charge in [-0.15, -0.1) is 0 Å². The first-order valence-electron chi connectivity index (χ1n) is 4.26. The van der Waals surface area contributed by atoms with Crippen molar-refractivity contribution in [2.45, 2.75) is 12.7 Å². The van der Waals surface area contributed by atoms with Crippen LogP contribution in [-0.4, -0.2) is 33.6 Å². The summed E-state index contributed by atoms with van der Waals surface area (Å²) in [5.74, 6) is 0. The minimum atomic E-state index is -4.23. The molecular weight excluding hydrogens is 213 g/mol. The molecule has 15 heavy (non-hydrogen) atoms. The molecule has 0 aliphatic rings. The second-order valence-electron chi connectivity index (χ2n) is 3.04. The van der Waals surface area contributed by atoms with Crippen LogP contribution in [0.25, 0.3) is 0 Å². The van der Waals surface area contributed by atoms with Gasteiger partial charge in [-0.1, -0.05) is 0 Å². The molecule has 0 atom stereocenters. The Labute approximate surface area is 83.5 Å². The highest BCUT2D eigenvalue weighted by Gasteiger charge is 2.25. The molecular formula is C7H11F3N4O. The lowest BCUT2D eigenvalue weighted by atomic mass is 10.5. The number of rotatable bonds is 4. The van der Waals surface area contributed by atoms with Crippen molar-refractivity contribution in [2.75, 3.05) is 13.1 Å². The molecule has 1 aromatic rings. The van der Waals surface area contributed by atoms with E-state index in [4.69, 9.17) is 0 Å². The van der Waals surface area contributed by atoms with Crippen molar-refractivity contribution in [3.63, 3.8) is 0 Å². The maximum atomic E-state index is 11.7. The van der Waals surface area contributed by atoms with Gasteiger partial charge in [-0.25, -0.2) is 9.48 Å². The lowest BCUT2D eigenvalue weighted by molar-refractivity contribution is -0.124. The fourth-order valence-electron chi connectivity index (χ4n) is 0.989. The third kappa shape index (κ3) is 3.74. The molecule has 0 saturated carbocycles. The summed E-state index contributed by atoms with van der Waals surface area (Å²) in [6, 6.07) is 0. The first-order chi connectivity index (χ1) is 6.90. The summed E-state index contributed by atoms with van der Waals surface area (Å²) >= 11 is 0. The second kappa shape index (κ2) is 4.47. The lowest BCUT2D eigenvalue weighted by Crippen LogP contribution is -2.33. The Bertz CT molecular complexity index is 367. The van der Waals surface area contributed by atoms with Crippen molar-refractivity contribution < 1.29 is 13.2 Å². The minimum absolute atomic E-state index is 0.0520. The Balaban J connectivity index is 2.33. The van der Waals surface area contributed by atoms with Crippen molar-refractivity contribution in [3.05, 3.63) is 16.8 Å². The Hall–Kier alpha value is -1.31. The van der Waals surface area contributed by atoms with Gasteiger partial charge >= 0.3 is 11.9 Å². The lowest BCUT2D eigenvalue weighted by Gasteiger charge is -2.07. The second-order valence-corrected chi connectivity index (χ2v) is 3.04. The molecule has 0 spiro atoms. The van der Waals surface area contributed by atoms with Gasteiger partial charge in [0.2, 0.25) is 0 Å². The molecule has 1 rings (SSSR count). The molecule has 1 aromatic heterocycles. The van der Waals surface area contributed by atoms with Crippen LogP contribution in [0, 0.1) is 0 Å². The number of aromatic nitrogens is 3. The van der Waals surface area contributed by atoms with E-state index >= 15 is 0 Å². The van der Waals surface area contributed by atoms with Crippen molar-refractivity contribution in [1.82, 2.24) is 19.7 Å². The molecule has 0 unspecified atom stereocenters. The summed E-state index contributed by atoms with van der Waals surface area (Å²) in [6.45, 7) is -0.888. The normalized spacial score (nSPS) is 12.0. The van der Waals surface area contributed by atoms with E-state index in [1.54, 1.807) is 0 Å². The third-order valence-corrected chi connectivity index (χ3v) is 1.71. The van der Waals surface area contributed by atoms with Crippen LogP contribution in [-0.2, 0) is 13.6 Å². The van der Waals surface area contributed by atoms with Crippen LogP contribution >= 0.6 is 0 Å². The van der Waals surface area contributed by atoms with Crippen molar-refractivity contribution in [1.29, 1.82) is 0 Å². The topological polar surface area (TPSA) is 51.9 Å². The summed E-state index contributed by atoms with van der Waals surface area (Å²) < 4.78 is 37.5. The third-order valence-electron chi connectivity index (χ3n) is 1.71. The van der Waals surface area contributed by atoms with E-state index in [1.165, 1.54) is 17.9 Å². The van der Waals surface area contributed by atoms with Crippen LogP contribution in [0.2, 0.25) is 0 Å². The summed E-state index contributed by atoms with van der Waals surface area (Å²) in [7, 11) is 1.52. The summed E-state index contributed by atoms with van der Waals surface area (Å²) in [6.07, 6.45) is -2.92. The molecule has 5 nitrogen and oxygen atoms in total. The van der Waals surface area contributed by atoms with Gasteiger partial charge in [0.25, 0.3) is 0 Å². The summed E-state index contributed by atoms with van der Waals surface area (Å²) in [5.41, 5.74) is -0.344. The van der Waals surface area contributed by atoms with E-state index < -0.39 is 12.7 Å². The van der Waals surface area contributed by atoms with E-state index in [0.29, 0.717) is 0 Å². The molecule has 0 saturated heterocycles. The molecule has 86 valence electrons. The predicted molar refractivity (Wildman–Crippen MR) is 46.4 cm³/mol. The fourth-order valence-corrected chi connectivity index (χ4v) is 0.989. The average Bonchev–Trinajstić information content (AvgIpc) is 2.42. The van der Waals surface area contributed by atoms with Gasteiger partial charge in [0.1, 0.15) is 6.33 Å².